The van der Waals surface area contributed by atoms with Crippen molar-refractivity contribution in [1.29, 1.82) is 0 Å². The lowest BCUT2D eigenvalue weighted by Gasteiger charge is -2.24. The zero-order valence-corrected chi connectivity index (χ0v) is 9.54. The Morgan fingerprint density at radius 2 is 1.93 bits per heavy atom. The van der Waals surface area contributed by atoms with Crippen LogP contribution in [0.1, 0.15) is 32.6 Å². The lowest BCUT2D eigenvalue weighted by atomic mass is 10.2. The van der Waals surface area contributed by atoms with Gasteiger partial charge in [-0.05, 0) is 32.5 Å². The summed E-state index contributed by atoms with van der Waals surface area (Å²) in [7, 11) is 0. The fourth-order valence-corrected chi connectivity index (χ4v) is 2.05. The van der Waals surface area contributed by atoms with Crippen molar-refractivity contribution >= 4 is 5.97 Å². The Bertz CT molecular complexity index is 189. The lowest BCUT2D eigenvalue weighted by molar-refractivity contribution is -0.140. The number of rotatable bonds is 5. The van der Waals surface area contributed by atoms with Crippen molar-refractivity contribution in [3.8, 4) is 0 Å². The van der Waals surface area contributed by atoms with Gasteiger partial charge in [-0.25, -0.2) is 0 Å². The van der Waals surface area contributed by atoms with Gasteiger partial charge in [0, 0.05) is 6.54 Å². The zero-order valence-electron chi connectivity index (χ0n) is 9.54. The third kappa shape index (κ3) is 4.62. The molecule has 0 aliphatic carbocycles. The van der Waals surface area contributed by atoms with Gasteiger partial charge < -0.3 is 15.3 Å². The van der Waals surface area contributed by atoms with Crippen LogP contribution in [-0.2, 0) is 4.79 Å². The summed E-state index contributed by atoms with van der Waals surface area (Å²) in [5, 5.41) is 12.0. The van der Waals surface area contributed by atoms with Crippen LogP contribution in [0.25, 0.3) is 0 Å². The van der Waals surface area contributed by atoms with Crippen molar-refractivity contribution in [1.82, 2.24) is 10.2 Å². The van der Waals surface area contributed by atoms with Gasteiger partial charge >= 0.3 is 5.97 Å². The Labute approximate surface area is 91.6 Å². The topological polar surface area (TPSA) is 52.6 Å². The minimum absolute atomic E-state index is 0.409. The van der Waals surface area contributed by atoms with Gasteiger partial charge in [0.05, 0.1) is 0 Å². The van der Waals surface area contributed by atoms with Crippen LogP contribution in [0, 0.1) is 0 Å². The van der Waals surface area contributed by atoms with E-state index in [0.717, 1.165) is 13.1 Å². The van der Waals surface area contributed by atoms with E-state index < -0.39 is 12.0 Å². The standard InChI is InChI=1S/C11H22N2O2/c1-2-12-10(11(14)15)9-13-7-5-3-4-6-8-13/h10,12H,2-9H2,1H3,(H,14,15). The van der Waals surface area contributed by atoms with Crippen molar-refractivity contribution in [2.75, 3.05) is 26.2 Å². The van der Waals surface area contributed by atoms with Crippen LogP contribution in [0.5, 0.6) is 0 Å². The Morgan fingerprint density at radius 1 is 1.33 bits per heavy atom. The molecule has 1 saturated heterocycles. The second-order valence-electron chi connectivity index (χ2n) is 4.16. The van der Waals surface area contributed by atoms with Crippen LogP contribution in [0.15, 0.2) is 0 Å². The third-order valence-electron chi connectivity index (χ3n) is 2.89. The molecule has 4 nitrogen and oxygen atoms in total. The van der Waals surface area contributed by atoms with E-state index in [0.29, 0.717) is 13.1 Å². The SMILES string of the molecule is CCNC(CN1CCCCCC1)C(=O)O. The summed E-state index contributed by atoms with van der Waals surface area (Å²) in [6.45, 7) is 5.40. The summed E-state index contributed by atoms with van der Waals surface area (Å²) in [6, 6.07) is -0.409. The molecule has 1 unspecified atom stereocenters. The summed E-state index contributed by atoms with van der Waals surface area (Å²) in [4.78, 5) is 13.2. The Kier molecular flexibility index (Phi) is 5.65. The minimum Gasteiger partial charge on any atom is -0.480 e. The fraction of sp³-hybridized carbons (Fsp3) is 0.909. The zero-order chi connectivity index (χ0) is 11.1. The quantitative estimate of drug-likeness (QED) is 0.714. The van der Waals surface area contributed by atoms with E-state index in [1.165, 1.54) is 25.7 Å². The van der Waals surface area contributed by atoms with Crippen LogP contribution in [0.2, 0.25) is 0 Å². The molecule has 0 bridgehead atoms. The van der Waals surface area contributed by atoms with E-state index in [1.54, 1.807) is 0 Å². The molecule has 4 heteroatoms. The number of hydrogen-bond acceptors (Lipinski definition) is 3. The first kappa shape index (κ1) is 12.5. The maximum Gasteiger partial charge on any atom is 0.322 e. The largest absolute Gasteiger partial charge is 0.480 e. The van der Waals surface area contributed by atoms with Gasteiger partial charge in [-0.3, -0.25) is 4.79 Å². The first-order chi connectivity index (χ1) is 7.24. The van der Waals surface area contributed by atoms with Crippen molar-refractivity contribution in [2.24, 2.45) is 0 Å². The molecule has 0 aromatic carbocycles. The van der Waals surface area contributed by atoms with Crippen LogP contribution in [-0.4, -0.2) is 48.2 Å². The molecule has 15 heavy (non-hydrogen) atoms. The number of carboxylic acid groups (broad SMARTS) is 1. The van der Waals surface area contributed by atoms with Crippen LogP contribution < -0.4 is 5.32 Å². The van der Waals surface area contributed by atoms with Crippen molar-refractivity contribution in [3.05, 3.63) is 0 Å². The summed E-state index contributed by atoms with van der Waals surface area (Å²) in [5.74, 6) is -0.735. The smallest absolute Gasteiger partial charge is 0.322 e. The van der Waals surface area contributed by atoms with E-state index in [9.17, 15) is 4.79 Å². The second kappa shape index (κ2) is 6.80. The van der Waals surface area contributed by atoms with Gasteiger partial charge in [0.25, 0.3) is 0 Å². The van der Waals surface area contributed by atoms with E-state index in [2.05, 4.69) is 10.2 Å². The molecule has 1 rings (SSSR count). The molecule has 1 aliphatic heterocycles. The number of nitrogens with one attached hydrogen (secondary N) is 1. The monoisotopic (exact) mass is 214 g/mol. The highest BCUT2D eigenvalue weighted by Gasteiger charge is 2.20. The van der Waals surface area contributed by atoms with Crippen molar-refractivity contribution in [3.63, 3.8) is 0 Å². The maximum atomic E-state index is 11.0. The highest BCUT2D eigenvalue weighted by atomic mass is 16.4. The molecule has 0 saturated carbocycles. The highest BCUT2D eigenvalue weighted by Crippen LogP contribution is 2.09. The summed E-state index contributed by atoms with van der Waals surface area (Å²) < 4.78 is 0. The number of aliphatic carboxylic acids is 1. The molecule has 2 N–H and O–H groups in total. The average Bonchev–Trinajstić information content (AvgIpc) is 2.45. The highest BCUT2D eigenvalue weighted by molar-refractivity contribution is 5.73. The summed E-state index contributed by atoms with van der Waals surface area (Å²) in [5.41, 5.74) is 0. The van der Waals surface area contributed by atoms with Gasteiger partial charge in [0.1, 0.15) is 6.04 Å². The lowest BCUT2D eigenvalue weighted by Crippen LogP contribution is -2.46. The molecule has 0 aromatic rings. The third-order valence-corrected chi connectivity index (χ3v) is 2.89. The molecule has 1 aliphatic rings. The average molecular weight is 214 g/mol. The van der Waals surface area contributed by atoms with E-state index in [-0.39, 0.29) is 0 Å². The maximum absolute atomic E-state index is 11.0. The molecule has 1 atom stereocenters. The molecule has 0 radical (unpaired) electrons. The molecule has 1 fully saturated rings. The van der Waals surface area contributed by atoms with E-state index in [1.807, 2.05) is 6.92 Å². The minimum atomic E-state index is -0.735. The number of nitrogens with zero attached hydrogens (tertiary/aromatic N) is 1. The molecular weight excluding hydrogens is 192 g/mol. The van der Waals surface area contributed by atoms with Gasteiger partial charge in [-0.2, -0.15) is 0 Å². The Balaban J connectivity index is 2.37. The predicted octanol–water partition coefficient (Wildman–Crippen LogP) is 0.925. The second-order valence-corrected chi connectivity index (χ2v) is 4.16. The van der Waals surface area contributed by atoms with Gasteiger partial charge in [-0.15, -0.1) is 0 Å². The number of carboxylic acids is 1. The van der Waals surface area contributed by atoms with E-state index in [4.69, 9.17) is 5.11 Å². The number of hydrogen-bond donors (Lipinski definition) is 2. The van der Waals surface area contributed by atoms with Crippen LogP contribution >= 0.6 is 0 Å². The number of likely N-dealkylation sites (tertiary alicyclic amines) is 1. The van der Waals surface area contributed by atoms with Gasteiger partial charge in [0.2, 0.25) is 0 Å². The fourth-order valence-electron chi connectivity index (χ4n) is 2.05. The summed E-state index contributed by atoms with van der Waals surface area (Å²) in [6.07, 6.45) is 4.99. The molecular formula is C11H22N2O2. The molecule has 88 valence electrons. The predicted molar refractivity (Wildman–Crippen MR) is 60.0 cm³/mol. The molecule has 0 amide bonds. The molecule has 0 aromatic heterocycles. The van der Waals surface area contributed by atoms with Crippen molar-refractivity contribution < 1.29 is 9.90 Å². The Morgan fingerprint density at radius 3 is 2.40 bits per heavy atom. The molecule has 1 heterocycles. The van der Waals surface area contributed by atoms with E-state index >= 15 is 0 Å². The summed E-state index contributed by atoms with van der Waals surface area (Å²) >= 11 is 0. The van der Waals surface area contributed by atoms with Gasteiger partial charge in [0.15, 0.2) is 0 Å². The number of carbonyl (C=O) groups is 1. The first-order valence-corrected chi connectivity index (χ1v) is 5.92. The molecule has 0 spiro atoms. The van der Waals surface area contributed by atoms with Crippen LogP contribution in [0.3, 0.4) is 0 Å². The normalized spacial score (nSPS) is 20.9. The van der Waals surface area contributed by atoms with Crippen LogP contribution in [0.4, 0.5) is 0 Å². The van der Waals surface area contributed by atoms with Crippen molar-refractivity contribution in [2.45, 2.75) is 38.6 Å². The first-order valence-electron chi connectivity index (χ1n) is 5.92. The number of likely N-dealkylation sites (N-methyl/N-ethyl adjacent to an activating group) is 1. The van der Waals surface area contributed by atoms with Gasteiger partial charge in [-0.1, -0.05) is 19.8 Å². The Hall–Kier alpha value is -0.610.